The van der Waals surface area contributed by atoms with Gasteiger partial charge in [0.15, 0.2) is 0 Å². The first-order chi connectivity index (χ1) is 6.45. The summed E-state index contributed by atoms with van der Waals surface area (Å²) < 4.78 is 36.8. The Balaban J connectivity index is 3.01. The van der Waals surface area contributed by atoms with Gasteiger partial charge in [0, 0.05) is 0 Å². The molecule has 1 aromatic carbocycles. The van der Waals surface area contributed by atoms with E-state index >= 15 is 0 Å². The molecule has 0 saturated heterocycles. The summed E-state index contributed by atoms with van der Waals surface area (Å²) in [5.74, 6) is 0. The van der Waals surface area contributed by atoms with E-state index in [-0.39, 0.29) is 0 Å². The van der Waals surface area contributed by atoms with Crippen molar-refractivity contribution in [3.63, 3.8) is 0 Å². The van der Waals surface area contributed by atoms with Gasteiger partial charge in [-0.1, -0.05) is 12.1 Å². The Labute approximate surface area is 79.3 Å². The van der Waals surface area contributed by atoms with Gasteiger partial charge in [-0.05, 0) is 24.6 Å². The van der Waals surface area contributed by atoms with Gasteiger partial charge in [0.2, 0.25) is 0 Å². The Kier molecular flexibility index (Phi) is 3.13. The Morgan fingerprint density at radius 2 is 2.00 bits per heavy atom. The van der Waals surface area contributed by atoms with Gasteiger partial charge in [-0.25, -0.2) is 0 Å². The number of hydrogen-bond acceptors (Lipinski definition) is 2. The lowest BCUT2D eigenvalue weighted by Gasteiger charge is -2.12. The van der Waals surface area contributed by atoms with Crippen LogP contribution < -0.4 is 5.48 Å². The number of alkyl halides is 3. The lowest BCUT2D eigenvalue weighted by Crippen LogP contribution is -2.14. The summed E-state index contributed by atoms with van der Waals surface area (Å²) >= 11 is 0. The molecule has 0 aliphatic heterocycles. The van der Waals surface area contributed by atoms with E-state index in [0.717, 1.165) is 12.1 Å². The zero-order chi connectivity index (χ0) is 10.8. The summed E-state index contributed by atoms with van der Waals surface area (Å²) in [6.45, 7) is 1.56. The fourth-order valence-corrected chi connectivity index (χ4v) is 1.06. The minimum atomic E-state index is -4.34. The molecular weight excluding hydrogens is 195 g/mol. The normalized spacial score (nSPS) is 14.1. The smallest absolute Gasteiger partial charge is 0.316 e. The Morgan fingerprint density at radius 1 is 1.36 bits per heavy atom. The van der Waals surface area contributed by atoms with E-state index in [0.29, 0.717) is 5.56 Å². The van der Waals surface area contributed by atoms with Gasteiger partial charge < -0.3 is 5.21 Å². The zero-order valence-corrected chi connectivity index (χ0v) is 7.47. The topological polar surface area (TPSA) is 32.3 Å². The zero-order valence-electron chi connectivity index (χ0n) is 7.47. The molecule has 14 heavy (non-hydrogen) atoms. The third-order valence-corrected chi connectivity index (χ3v) is 1.91. The first-order valence-electron chi connectivity index (χ1n) is 4.02. The summed E-state index contributed by atoms with van der Waals surface area (Å²) in [5, 5.41) is 8.55. The summed E-state index contributed by atoms with van der Waals surface area (Å²) in [7, 11) is 0. The number of hydrogen-bond donors (Lipinski definition) is 2. The average molecular weight is 205 g/mol. The van der Waals surface area contributed by atoms with Crippen LogP contribution in [0.15, 0.2) is 24.3 Å². The molecule has 0 aliphatic carbocycles. The van der Waals surface area contributed by atoms with Crippen molar-refractivity contribution in [2.75, 3.05) is 0 Å². The molecule has 0 radical (unpaired) electrons. The molecule has 0 fully saturated rings. The second-order valence-electron chi connectivity index (χ2n) is 2.97. The van der Waals surface area contributed by atoms with Crippen LogP contribution in [0.1, 0.15) is 24.1 Å². The van der Waals surface area contributed by atoms with Crippen LogP contribution in [0.3, 0.4) is 0 Å². The van der Waals surface area contributed by atoms with Crippen LogP contribution in [0.4, 0.5) is 13.2 Å². The molecule has 78 valence electrons. The first-order valence-corrected chi connectivity index (χ1v) is 4.02. The number of nitrogens with one attached hydrogen (secondary N) is 1. The predicted molar refractivity (Wildman–Crippen MR) is 44.8 cm³/mol. The Hall–Kier alpha value is -1.07. The summed E-state index contributed by atoms with van der Waals surface area (Å²) in [5.41, 5.74) is 1.57. The molecular formula is C9H10F3NO. The van der Waals surface area contributed by atoms with Gasteiger partial charge in [0.05, 0.1) is 11.6 Å². The highest BCUT2D eigenvalue weighted by Crippen LogP contribution is 2.30. The lowest BCUT2D eigenvalue weighted by atomic mass is 10.1. The molecule has 2 nitrogen and oxygen atoms in total. The predicted octanol–water partition coefficient (Wildman–Crippen LogP) is 2.75. The molecule has 2 N–H and O–H groups in total. The van der Waals surface area contributed by atoms with Crippen molar-refractivity contribution in [2.24, 2.45) is 0 Å². The quantitative estimate of drug-likeness (QED) is 0.727. The van der Waals surface area contributed by atoms with Crippen LogP contribution in [-0.4, -0.2) is 5.21 Å². The largest absolute Gasteiger partial charge is 0.416 e. The molecule has 1 aromatic rings. The van der Waals surface area contributed by atoms with E-state index in [1.54, 1.807) is 6.92 Å². The van der Waals surface area contributed by atoms with Gasteiger partial charge in [-0.2, -0.15) is 18.7 Å². The number of halogens is 3. The van der Waals surface area contributed by atoms with Crippen molar-refractivity contribution in [3.8, 4) is 0 Å². The number of benzene rings is 1. The van der Waals surface area contributed by atoms with Gasteiger partial charge >= 0.3 is 6.18 Å². The minimum Gasteiger partial charge on any atom is -0.316 e. The summed E-state index contributed by atoms with van der Waals surface area (Å²) in [6, 6.07) is 4.31. The molecule has 0 aromatic heterocycles. The molecule has 0 spiro atoms. The van der Waals surface area contributed by atoms with Crippen LogP contribution in [0.25, 0.3) is 0 Å². The van der Waals surface area contributed by atoms with Crippen LogP contribution >= 0.6 is 0 Å². The number of rotatable bonds is 2. The molecule has 0 aliphatic rings. The maximum absolute atomic E-state index is 12.3. The maximum Gasteiger partial charge on any atom is 0.416 e. The van der Waals surface area contributed by atoms with E-state index in [9.17, 15) is 13.2 Å². The molecule has 5 heteroatoms. The van der Waals surface area contributed by atoms with Crippen LogP contribution in [0.2, 0.25) is 0 Å². The molecule has 0 saturated carbocycles. The van der Waals surface area contributed by atoms with Crippen LogP contribution in [-0.2, 0) is 6.18 Å². The number of hydroxylamine groups is 1. The van der Waals surface area contributed by atoms with Crippen molar-refractivity contribution >= 4 is 0 Å². The fraction of sp³-hybridized carbons (Fsp3) is 0.333. The van der Waals surface area contributed by atoms with Gasteiger partial charge in [0.1, 0.15) is 0 Å². The van der Waals surface area contributed by atoms with E-state index < -0.39 is 17.8 Å². The SMILES string of the molecule is C[C@H](NO)c1cccc(C(F)(F)F)c1. The minimum absolute atomic E-state index is 0.391. The Bertz CT molecular complexity index is 311. The molecule has 0 bridgehead atoms. The molecule has 0 amide bonds. The molecule has 0 heterocycles. The van der Waals surface area contributed by atoms with Gasteiger partial charge in [0.25, 0.3) is 0 Å². The third kappa shape index (κ3) is 2.46. The van der Waals surface area contributed by atoms with E-state index in [1.165, 1.54) is 12.1 Å². The summed E-state index contributed by atoms with van der Waals surface area (Å²) in [4.78, 5) is 0. The van der Waals surface area contributed by atoms with Gasteiger partial charge in [-0.15, -0.1) is 0 Å². The highest BCUT2D eigenvalue weighted by Gasteiger charge is 2.30. The summed E-state index contributed by atoms with van der Waals surface area (Å²) in [6.07, 6.45) is -4.34. The second-order valence-corrected chi connectivity index (χ2v) is 2.97. The standard InChI is InChI=1S/C9H10F3NO/c1-6(13-14)7-3-2-4-8(5-7)9(10,11)12/h2-6,13-14H,1H3/t6-/m0/s1. The average Bonchev–Trinajstić information content (AvgIpc) is 2.15. The van der Waals surface area contributed by atoms with Crippen LogP contribution in [0, 0.1) is 0 Å². The Morgan fingerprint density at radius 3 is 2.50 bits per heavy atom. The second kappa shape index (κ2) is 3.98. The highest BCUT2D eigenvalue weighted by molar-refractivity contribution is 5.27. The molecule has 1 atom stereocenters. The van der Waals surface area contributed by atoms with E-state index in [1.807, 2.05) is 5.48 Å². The van der Waals surface area contributed by atoms with Gasteiger partial charge in [-0.3, -0.25) is 0 Å². The maximum atomic E-state index is 12.3. The fourth-order valence-electron chi connectivity index (χ4n) is 1.06. The van der Waals surface area contributed by atoms with Crippen molar-refractivity contribution in [3.05, 3.63) is 35.4 Å². The van der Waals surface area contributed by atoms with Crippen molar-refractivity contribution < 1.29 is 18.4 Å². The van der Waals surface area contributed by atoms with E-state index in [4.69, 9.17) is 5.21 Å². The lowest BCUT2D eigenvalue weighted by molar-refractivity contribution is -0.137. The molecule has 1 rings (SSSR count). The monoisotopic (exact) mass is 205 g/mol. The van der Waals surface area contributed by atoms with Crippen LogP contribution in [0.5, 0.6) is 0 Å². The molecule has 0 unspecified atom stereocenters. The highest BCUT2D eigenvalue weighted by atomic mass is 19.4. The van der Waals surface area contributed by atoms with E-state index in [2.05, 4.69) is 0 Å². The first kappa shape index (κ1) is 11.0. The van der Waals surface area contributed by atoms with Crippen molar-refractivity contribution in [2.45, 2.75) is 19.1 Å². The van der Waals surface area contributed by atoms with Crippen molar-refractivity contribution in [1.82, 2.24) is 5.48 Å². The third-order valence-electron chi connectivity index (χ3n) is 1.91. The van der Waals surface area contributed by atoms with Crippen molar-refractivity contribution in [1.29, 1.82) is 0 Å².